The standard InChI is InChI=1S/C21H21ClN2O2S/c1-15-5-7-17(8-6-15)21-24-19(12-26-21)9-10-23-20(25)14-27-13-16-3-2-4-18(22)11-16/h2-8,11-12H,9-10,13-14H2,1H3,(H,23,25). The van der Waals surface area contributed by atoms with Crippen molar-refractivity contribution in [1.29, 1.82) is 0 Å². The topological polar surface area (TPSA) is 55.1 Å². The highest BCUT2D eigenvalue weighted by molar-refractivity contribution is 7.99. The molecule has 0 bridgehead atoms. The number of carbonyl (C=O) groups is 1. The van der Waals surface area contributed by atoms with Gasteiger partial charge in [-0.1, -0.05) is 41.4 Å². The summed E-state index contributed by atoms with van der Waals surface area (Å²) in [6.45, 7) is 2.58. The second-order valence-corrected chi connectivity index (χ2v) is 7.65. The quantitative estimate of drug-likeness (QED) is 0.584. The van der Waals surface area contributed by atoms with E-state index in [9.17, 15) is 4.79 Å². The average molecular weight is 401 g/mol. The Labute approximate surface area is 168 Å². The lowest BCUT2D eigenvalue weighted by atomic mass is 10.1. The number of nitrogens with one attached hydrogen (secondary N) is 1. The Bertz CT molecular complexity index is 893. The van der Waals surface area contributed by atoms with Crippen LogP contribution in [0, 0.1) is 6.92 Å². The number of rotatable bonds is 8. The molecule has 0 aliphatic heterocycles. The first-order valence-electron chi connectivity index (χ1n) is 8.70. The number of nitrogens with zero attached hydrogens (tertiary/aromatic N) is 1. The molecule has 140 valence electrons. The first-order valence-corrected chi connectivity index (χ1v) is 10.2. The van der Waals surface area contributed by atoms with E-state index in [1.165, 1.54) is 5.56 Å². The molecule has 0 saturated carbocycles. The van der Waals surface area contributed by atoms with Crippen molar-refractivity contribution in [2.75, 3.05) is 12.3 Å². The fraction of sp³-hybridized carbons (Fsp3) is 0.238. The van der Waals surface area contributed by atoms with Crippen LogP contribution in [0.2, 0.25) is 5.02 Å². The van der Waals surface area contributed by atoms with Crippen LogP contribution in [0.1, 0.15) is 16.8 Å². The molecule has 1 aromatic heterocycles. The normalized spacial score (nSPS) is 10.7. The van der Waals surface area contributed by atoms with E-state index < -0.39 is 0 Å². The van der Waals surface area contributed by atoms with Crippen LogP contribution in [0.4, 0.5) is 0 Å². The lowest BCUT2D eigenvalue weighted by molar-refractivity contribution is -0.118. The van der Waals surface area contributed by atoms with Crippen LogP contribution in [0.5, 0.6) is 0 Å². The Morgan fingerprint density at radius 1 is 1.22 bits per heavy atom. The number of oxazole rings is 1. The zero-order valence-corrected chi connectivity index (χ0v) is 16.6. The molecule has 0 fully saturated rings. The number of halogens is 1. The zero-order chi connectivity index (χ0) is 19.1. The summed E-state index contributed by atoms with van der Waals surface area (Å²) in [4.78, 5) is 16.4. The molecule has 2 aromatic carbocycles. The van der Waals surface area contributed by atoms with E-state index in [4.69, 9.17) is 16.0 Å². The van der Waals surface area contributed by atoms with Gasteiger partial charge in [-0.05, 0) is 36.8 Å². The highest BCUT2D eigenvalue weighted by Gasteiger charge is 2.07. The van der Waals surface area contributed by atoms with Crippen LogP contribution in [0.25, 0.3) is 11.5 Å². The van der Waals surface area contributed by atoms with Gasteiger partial charge in [-0.25, -0.2) is 4.98 Å². The number of thioether (sulfide) groups is 1. The molecule has 0 spiro atoms. The maximum Gasteiger partial charge on any atom is 0.230 e. The van der Waals surface area contributed by atoms with Crippen LogP contribution in [-0.4, -0.2) is 23.2 Å². The molecule has 1 heterocycles. The minimum absolute atomic E-state index is 0.0179. The fourth-order valence-electron chi connectivity index (χ4n) is 2.52. The van der Waals surface area contributed by atoms with E-state index >= 15 is 0 Å². The van der Waals surface area contributed by atoms with Crippen LogP contribution < -0.4 is 5.32 Å². The Balaban J connectivity index is 1.38. The zero-order valence-electron chi connectivity index (χ0n) is 15.1. The molecule has 3 aromatic rings. The second kappa shape index (κ2) is 9.62. The Kier molecular flexibility index (Phi) is 6.96. The maximum absolute atomic E-state index is 11.9. The molecule has 1 N–H and O–H groups in total. The molecular formula is C21H21ClN2O2S. The third kappa shape index (κ3) is 6.15. The summed E-state index contributed by atoms with van der Waals surface area (Å²) in [7, 11) is 0. The minimum atomic E-state index is 0.0179. The summed E-state index contributed by atoms with van der Waals surface area (Å²) in [5, 5.41) is 3.64. The van der Waals surface area contributed by atoms with Crippen molar-refractivity contribution in [2.45, 2.75) is 19.1 Å². The number of hydrogen-bond acceptors (Lipinski definition) is 4. The summed E-state index contributed by atoms with van der Waals surface area (Å²) in [5.41, 5.74) is 4.10. The van der Waals surface area contributed by atoms with Gasteiger partial charge in [-0.3, -0.25) is 4.79 Å². The van der Waals surface area contributed by atoms with Crippen LogP contribution >= 0.6 is 23.4 Å². The van der Waals surface area contributed by atoms with Crippen molar-refractivity contribution in [1.82, 2.24) is 10.3 Å². The van der Waals surface area contributed by atoms with Crippen LogP contribution in [-0.2, 0) is 17.0 Å². The van der Waals surface area contributed by atoms with Gasteiger partial charge in [-0.15, -0.1) is 11.8 Å². The molecule has 0 radical (unpaired) electrons. The smallest absolute Gasteiger partial charge is 0.230 e. The summed E-state index contributed by atoms with van der Waals surface area (Å²) in [6, 6.07) is 15.7. The molecule has 0 saturated heterocycles. The number of hydrogen-bond donors (Lipinski definition) is 1. The van der Waals surface area contributed by atoms with Crippen molar-refractivity contribution < 1.29 is 9.21 Å². The van der Waals surface area contributed by atoms with Gasteiger partial charge < -0.3 is 9.73 Å². The van der Waals surface area contributed by atoms with E-state index in [0.29, 0.717) is 24.6 Å². The SMILES string of the molecule is Cc1ccc(-c2nc(CCNC(=O)CSCc3cccc(Cl)c3)co2)cc1. The van der Waals surface area contributed by atoms with Crippen LogP contribution in [0.3, 0.4) is 0 Å². The Hall–Kier alpha value is -2.24. The Morgan fingerprint density at radius 3 is 2.81 bits per heavy atom. The molecule has 0 atom stereocenters. The number of aryl methyl sites for hydroxylation is 1. The monoisotopic (exact) mass is 400 g/mol. The summed E-state index contributed by atoms with van der Waals surface area (Å²) < 4.78 is 5.53. The largest absolute Gasteiger partial charge is 0.444 e. The van der Waals surface area contributed by atoms with Gasteiger partial charge in [0.05, 0.1) is 11.4 Å². The minimum Gasteiger partial charge on any atom is -0.444 e. The van der Waals surface area contributed by atoms with E-state index in [0.717, 1.165) is 27.6 Å². The highest BCUT2D eigenvalue weighted by Crippen LogP contribution is 2.19. The van der Waals surface area contributed by atoms with Gasteiger partial charge in [-0.2, -0.15) is 0 Å². The molecular weight excluding hydrogens is 380 g/mol. The molecule has 27 heavy (non-hydrogen) atoms. The van der Waals surface area contributed by atoms with E-state index in [1.807, 2.05) is 55.5 Å². The molecule has 1 amide bonds. The second-order valence-electron chi connectivity index (χ2n) is 6.23. The van der Waals surface area contributed by atoms with E-state index in [-0.39, 0.29) is 5.91 Å². The first-order chi connectivity index (χ1) is 13.1. The number of aromatic nitrogens is 1. The number of amides is 1. The van der Waals surface area contributed by atoms with Crippen molar-refractivity contribution in [3.63, 3.8) is 0 Å². The van der Waals surface area contributed by atoms with E-state index in [1.54, 1.807) is 18.0 Å². The highest BCUT2D eigenvalue weighted by atomic mass is 35.5. The molecule has 4 nitrogen and oxygen atoms in total. The van der Waals surface area contributed by atoms with Gasteiger partial charge in [0.15, 0.2) is 0 Å². The summed E-state index contributed by atoms with van der Waals surface area (Å²) in [5.74, 6) is 1.80. The third-order valence-electron chi connectivity index (χ3n) is 3.94. The van der Waals surface area contributed by atoms with Gasteiger partial charge in [0.1, 0.15) is 6.26 Å². The van der Waals surface area contributed by atoms with Gasteiger partial charge in [0, 0.05) is 29.3 Å². The first kappa shape index (κ1) is 19.5. The molecule has 3 rings (SSSR count). The number of carbonyl (C=O) groups excluding carboxylic acids is 1. The average Bonchev–Trinajstić information content (AvgIpc) is 3.11. The van der Waals surface area contributed by atoms with Gasteiger partial charge >= 0.3 is 0 Å². The lowest BCUT2D eigenvalue weighted by Crippen LogP contribution is -2.27. The molecule has 0 aliphatic rings. The predicted molar refractivity (Wildman–Crippen MR) is 111 cm³/mol. The fourth-order valence-corrected chi connectivity index (χ4v) is 3.54. The van der Waals surface area contributed by atoms with E-state index in [2.05, 4.69) is 10.3 Å². The van der Waals surface area contributed by atoms with Gasteiger partial charge in [0.2, 0.25) is 11.8 Å². The molecule has 0 aliphatic carbocycles. The lowest BCUT2D eigenvalue weighted by Gasteiger charge is -2.04. The van der Waals surface area contributed by atoms with Crippen LogP contribution in [0.15, 0.2) is 59.2 Å². The third-order valence-corrected chi connectivity index (χ3v) is 5.18. The maximum atomic E-state index is 11.9. The van der Waals surface area contributed by atoms with Crippen molar-refractivity contribution in [2.24, 2.45) is 0 Å². The predicted octanol–water partition coefficient (Wildman–Crippen LogP) is 4.90. The van der Waals surface area contributed by atoms with Crippen molar-refractivity contribution in [3.05, 3.63) is 76.6 Å². The number of benzene rings is 2. The summed E-state index contributed by atoms with van der Waals surface area (Å²) in [6.07, 6.45) is 2.29. The molecule has 6 heteroatoms. The van der Waals surface area contributed by atoms with Crippen molar-refractivity contribution >= 4 is 29.3 Å². The van der Waals surface area contributed by atoms with Crippen molar-refractivity contribution in [3.8, 4) is 11.5 Å². The summed E-state index contributed by atoms with van der Waals surface area (Å²) >= 11 is 7.53. The Morgan fingerprint density at radius 2 is 2.04 bits per heavy atom. The molecule has 0 unspecified atom stereocenters. The van der Waals surface area contributed by atoms with Gasteiger partial charge in [0.25, 0.3) is 0 Å².